The number of benzene rings is 1. The van der Waals surface area contributed by atoms with Crippen molar-refractivity contribution in [2.24, 2.45) is 0 Å². The van der Waals surface area contributed by atoms with Gasteiger partial charge in [0.15, 0.2) is 0 Å². The Morgan fingerprint density at radius 2 is 2.00 bits per heavy atom. The van der Waals surface area contributed by atoms with Crippen LogP contribution in [0.25, 0.3) is 0 Å². The van der Waals surface area contributed by atoms with Gasteiger partial charge in [0.05, 0.1) is 11.1 Å². The molecule has 2 amide bonds. The van der Waals surface area contributed by atoms with E-state index in [2.05, 4.69) is 10.3 Å². The highest BCUT2D eigenvalue weighted by Gasteiger charge is 2.42. The van der Waals surface area contributed by atoms with Crippen LogP contribution in [0.3, 0.4) is 0 Å². The molecule has 5 nitrogen and oxygen atoms in total. The smallest absolute Gasteiger partial charge is 0.255 e. The lowest BCUT2D eigenvalue weighted by Gasteiger charge is -2.16. The fraction of sp³-hybridized carbons (Fsp3) is 0.278. The molecule has 0 atom stereocenters. The van der Waals surface area contributed by atoms with Gasteiger partial charge >= 0.3 is 0 Å². The number of aryl methyl sites for hydroxylation is 1. The Balaban J connectivity index is 1.97. The maximum absolute atomic E-state index is 14.4. The van der Waals surface area contributed by atoms with Crippen LogP contribution < -0.4 is 10.2 Å². The molecule has 2 aromatic rings. The maximum Gasteiger partial charge on any atom is 0.255 e. The van der Waals surface area contributed by atoms with Crippen molar-refractivity contribution in [1.82, 2.24) is 4.98 Å². The highest BCUT2D eigenvalue weighted by Crippen LogP contribution is 2.42. The Morgan fingerprint density at radius 3 is 2.67 bits per heavy atom. The number of aromatic nitrogens is 1. The van der Waals surface area contributed by atoms with Crippen LogP contribution in [-0.4, -0.2) is 23.8 Å². The number of hydrogen-bond donors (Lipinski definition) is 1. The van der Waals surface area contributed by atoms with Gasteiger partial charge in [0.25, 0.3) is 5.91 Å². The molecule has 1 aliphatic rings. The number of likely N-dealkylation sites (N-methyl/N-ethyl adjacent to an activating group) is 1. The SMILES string of the molecule is Cc1cc(C(=O)Nc2cc3c(cc2F)C(C)(C)C(=O)N3C)ccn1. The highest BCUT2D eigenvalue weighted by molar-refractivity contribution is 6.09. The third kappa shape index (κ3) is 2.44. The molecule has 0 saturated carbocycles. The number of halogens is 1. The molecule has 0 radical (unpaired) electrons. The summed E-state index contributed by atoms with van der Waals surface area (Å²) in [5, 5.41) is 2.57. The van der Waals surface area contributed by atoms with Gasteiger partial charge in [-0.2, -0.15) is 0 Å². The summed E-state index contributed by atoms with van der Waals surface area (Å²) in [6, 6.07) is 6.01. The zero-order valence-corrected chi connectivity index (χ0v) is 14.0. The first kappa shape index (κ1) is 16.1. The van der Waals surface area contributed by atoms with Crippen molar-refractivity contribution in [2.75, 3.05) is 17.3 Å². The topological polar surface area (TPSA) is 62.3 Å². The number of pyridine rings is 1. The standard InChI is InChI=1S/C18H18FN3O2/c1-10-7-11(5-6-20-10)16(23)21-14-9-15-12(8-13(14)19)18(2,3)17(24)22(15)4/h5-9H,1-4H3,(H,21,23). The van der Waals surface area contributed by atoms with Gasteiger partial charge in [-0.15, -0.1) is 0 Å². The van der Waals surface area contributed by atoms with Crippen molar-refractivity contribution in [2.45, 2.75) is 26.2 Å². The lowest BCUT2D eigenvalue weighted by Crippen LogP contribution is -2.33. The molecule has 124 valence electrons. The van der Waals surface area contributed by atoms with Gasteiger partial charge in [0.2, 0.25) is 5.91 Å². The van der Waals surface area contributed by atoms with E-state index < -0.39 is 17.1 Å². The van der Waals surface area contributed by atoms with Crippen LogP contribution in [0.15, 0.2) is 30.5 Å². The van der Waals surface area contributed by atoms with Crippen molar-refractivity contribution in [3.8, 4) is 0 Å². The summed E-state index contributed by atoms with van der Waals surface area (Å²) in [6.45, 7) is 5.29. The normalized spacial score (nSPS) is 15.4. The van der Waals surface area contributed by atoms with E-state index in [1.807, 2.05) is 0 Å². The van der Waals surface area contributed by atoms with Crippen LogP contribution in [0.1, 0.15) is 35.5 Å². The minimum Gasteiger partial charge on any atom is -0.319 e. The number of anilines is 2. The molecular weight excluding hydrogens is 309 g/mol. The van der Waals surface area contributed by atoms with Crippen LogP contribution in [0.5, 0.6) is 0 Å². The van der Waals surface area contributed by atoms with E-state index in [4.69, 9.17) is 0 Å². The second-order valence-corrected chi connectivity index (χ2v) is 6.48. The van der Waals surface area contributed by atoms with Gasteiger partial charge < -0.3 is 10.2 Å². The molecule has 1 aromatic carbocycles. The van der Waals surface area contributed by atoms with E-state index in [-0.39, 0.29) is 11.6 Å². The van der Waals surface area contributed by atoms with Gasteiger partial charge in [-0.3, -0.25) is 14.6 Å². The third-order valence-corrected chi connectivity index (χ3v) is 4.37. The largest absolute Gasteiger partial charge is 0.319 e. The van der Waals surface area contributed by atoms with Crippen molar-refractivity contribution in [3.05, 3.63) is 53.1 Å². The Hall–Kier alpha value is -2.76. The average molecular weight is 327 g/mol. The second kappa shape index (κ2) is 5.40. The Bertz CT molecular complexity index is 861. The fourth-order valence-corrected chi connectivity index (χ4v) is 2.96. The van der Waals surface area contributed by atoms with E-state index in [1.165, 1.54) is 23.2 Å². The quantitative estimate of drug-likeness (QED) is 0.922. The average Bonchev–Trinajstić information content (AvgIpc) is 2.69. The Kier molecular flexibility index (Phi) is 3.63. The molecule has 0 saturated heterocycles. The molecule has 3 rings (SSSR count). The number of hydrogen-bond acceptors (Lipinski definition) is 3. The van der Waals surface area contributed by atoms with Gasteiger partial charge in [0.1, 0.15) is 5.82 Å². The fourth-order valence-electron chi connectivity index (χ4n) is 2.96. The molecule has 0 fully saturated rings. The minimum absolute atomic E-state index is 0.0468. The van der Waals surface area contributed by atoms with E-state index in [0.717, 1.165) is 0 Å². The maximum atomic E-state index is 14.4. The summed E-state index contributed by atoms with van der Waals surface area (Å²) in [4.78, 5) is 30.1. The van der Waals surface area contributed by atoms with E-state index in [9.17, 15) is 14.0 Å². The molecular formula is C18H18FN3O2. The molecule has 0 spiro atoms. The molecule has 6 heteroatoms. The van der Waals surface area contributed by atoms with Crippen LogP contribution >= 0.6 is 0 Å². The summed E-state index contributed by atoms with van der Waals surface area (Å²) < 4.78 is 14.4. The van der Waals surface area contributed by atoms with Gasteiger partial charge in [-0.25, -0.2) is 4.39 Å². The van der Waals surface area contributed by atoms with Crippen LogP contribution in [0.2, 0.25) is 0 Å². The third-order valence-electron chi connectivity index (χ3n) is 4.37. The molecule has 24 heavy (non-hydrogen) atoms. The molecule has 0 aliphatic carbocycles. The zero-order valence-electron chi connectivity index (χ0n) is 14.0. The number of fused-ring (bicyclic) bond motifs is 1. The van der Waals surface area contributed by atoms with Crippen molar-refractivity contribution < 1.29 is 14.0 Å². The predicted octanol–water partition coefficient (Wildman–Crippen LogP) is 3.04. The molecule has 1 N–H and O–H groups in total. The molecule has 1 aromatic heterocycles. The summed E-state index contributed by atoms with van der Waals surface area (Å²) >= 11 is 0. The molecule has 0 bridgehead atoms. The molecule has 2 heterocycles. The van der Waals surface area contributed by atoms with Crippen molar-refractivity contribution in [1.29, 1.82) is 0 Å². The minimum atomic E-state index is -0.782. The second-order valence-electron chi connectivity index (χ2n) is 6.48. The summed E-state index contributed by atoms with van der Waals surface area (Å²) in [7, 11) is 1.64. The number of amides is 2. The lowest BCUT2D eigenvalue weighted by atomic mass is 9.86. The van der Waals surface area contributed by atoms with Gasteiger partial charge in [-0.05, 0) is 50.6 Å². The number of nitrogens with one attached hydrogen (secondary N) is 1. The van der Waals surface area contributed by atoms with E-state index >= 15 is 0 Å². The highest BCUT2D eigenvalue weighted by atomic mass is 19.1. The molecule has 0 unspecified atom stereocenters. The Labute approximate surface area is 139 Å². The number of rotatable bonds is 2. The Morgan fingerprint density at radius 1 is 1.29 bits per heavy atom. The first-order valence-electron chi connectivity index (χ1n) is 7.58. The monoisotopic (exact) mass is 327 g/mol. The van der Waals surface area contributed by atoms with Crippen molar-refractivity contribution in [3.63, 3.8) is 0 Å². The summed E-state index contributed by atoms with van der Waals surface area (Å²) in [6.07, 6.45) is 1.53. The van der Waals surface area contributed by atoms with Crippen LogP contribution in [0, 0.1) is 12.7 Å². The number of carbonyl (C=O) groups excluding carboxylic acids is 2. The van der Waals surface area contributed by atoms with Gasteiger partial charge in [0, 0.05) is 30.2 Å². The van der Waals surface area contributed by atoms with Crippen LogP contribution in [-0.2, 0) is 10.2 Å². The summed E-state index contributed by atoms with van der Waals surface area (Å²) in [5.74, 6) is -1.10. The zero-order chi connectivity index (χ0) is 17.6. The lowest BCUT2D eigenvalue weighted by molar-refractivity contribution is -0.121. The van der Waals surface area contributed by atoms with Crippen LogP contribution in [0.4, 0.5) is 15.8 Å². The summed E-state index contributed by atoms with van der Waals surface area (Å²) in [5.41, 5.74) is 1.58. The van der Waals surface area contributed by atoms with Crippen molar-refractivity contribution >= 4 is 23.2 Å². The number of carbonyl (C=O) groups is 2. The predicted molar refractivity (Wildman–Crippen MR) is 89.8 cm³/mol. The van der Waals surface area contributed by atoms with E-state index in [1.54, 1.807) is 40.0 Å². The molecule has 1 aliphatic heterocycles. The first-order valence-corrected chi connectivity index (χ1v) is 7.58. The number of nitrogens with zero attached hydrogens (tertiary/aromatic N) is 2. The van der Waals surface area contributed by atoms with E-state index in [0.29, 0.717) is 22.5 Å². The first-order chi connectivity index (χ1) is 11.2. The van der Waals surface area contributed by atoms with Gasteiger partial charge in [-0.1, -0.05) is 0 Å².